The van der Waals surface area contributed by atoms with Crippen LogP contribution in [-0.4, -0.2) is 31.1 Å². The van der Waals surface area contributed by atoms with Gasteiger partial charge in [-0.2, -0.15) is 0 Å². The molecule has 0 N–H and O–H groups in total. The first-order valence-corrected chi connectivity index (χ1v) is 7.37. The molecular formula is C18H19NO3. The molecule has 0 aliphatic carbocycles. The molecule has 1 aliphatic heterocycles. The molecule has 2 aromatic rings. The van der Waals surface area contributed by atoms with E-state index >= 15 is 0 Å². The Morgan fingerprint density at radius 1 is 1.18 bits per heavy atom. The lowest BCUT2D eigenvalue weighted by atomic mass is 10.1. The van der Waals surface area contributed by atoms with E-state index in [0.29, 0.717) is 19.6 Å². The van der Waals surface area contributed by atoms with E-state index in [1.807, 2.05) is 54.6 Å². The molecule has 0 saturated carbocycles. The Bertz CT molecular complexity index is 625. The first-order valence-electron chi connectivity index (χ1n) is 7.37. The summed E-state index contributed by atoms with van der Waals surface area (Å²) >= 11 is 0. The number of hydrogen-bond acceptors (Lipinski definition) is 3. The average molecular weight is 297 g/mol. The monoisotopic (exact) mass is 297 g/mol. The van der Waals surface area contributed by atoms with Crippen LogP contribution < -0.4 is 4.74 Å². The zero-order valence-corrected chi connectivity index (χ0v) is 12.6. The van der Waals surface area contributed by atoms with Gasteiger partial charge in [0.15, 0.2) is 6.23 Å². The van der Waals surface area contributed by atoms with Gasteiger partial charge in [0.25, 0.3) is 0 Å². The summed E-state index contributed by atoms with van der Waals surface area (Å²) in [6.45, 7) is 1.21. The second-order valence-electron chi connectivity index (χ2n) is 5.25. The van der Waals surface area contributed by atoms with E-state index in [0.717, 1.165) is 16.9 Å². The molecule has 22 heavy (non-hydrogen) atoms. The van der Waals surface area contributed by atoms with Crippen molar-refractivity contribution in [3.63, 3.8) is 0 Å². The highest BCUT2D eigenvalue weighted by Crippen LogP contribution is 2.27. The predicted octanol–water partition coefficient (Wildman–Crippen LogP) is 2.80. The summed E-state index contributed by atoms with van der Waals surface area (Å²) < 4.78 is 10.9. The van der Waals surface area contributed by atoms with Gasteiger partial charge in [0.1, 0.15) is 5.75 Å². The standard InChI is InChI=1S/C18H19NO3/c1-21-16-9-7-14(8-10-16)13-17(20)19-11-12-22-18(19)15-5-3-2-4-6-15/h2-10,18H,11-13H2,1H3. The minimum absolute atomic E-state index is 0.0801. The lowest BCUT2D eigenvalue weighted by Gasteiger charge is -2.23. The topological polar surface area (TPSA) is 38.8 Å². The Hall–Kier alpha value is -2.33. The second-order valence-corrected chi connectivity index (χ2v) is 5.25. The van der Waals surface area contributed by atoms with Gasteiger partial charge in [-0.05, 0) is 17.7 Å². The number of ether oxygens (including phenoxy) is 2. The molecule has 114 valence electrons. The molecule has 1 aliphatic rings. The van der Waals surface area contributed by atoms with Crippen molar-refractivity contribution < 1.29 is 14.3 Å². The minimum atomic E-state index is -0.271. The minimum Gasteiger partial charge on any atom is -0.497 e. The summed E-state index contributed by atoms with van der Waals surface area (Å²) in [6.07, 6.45) is 0.100. The van der Waals surface area contributed by atoms with Gasteiger partial charge >= 0.3 is 0 Å². The number of rotatable bonds is 4. The molecule has 0 radical (unpaired) electrons. The number of benzene rings is 2. The van der Waals surface area contributed by atoms with Crippen molar-refractivity contribution in [3.05, 3.63) is 65.7 Å². The molecule has 4 heteroatoms. The normalized spacial score (nSPS) is 17.5. The summed E-state index contributed by atoms with van der Waals surface area (Å²) in [5.41, 5.74) is 1.99. The van der Waals surface area contributed by atoms with E-state index < -0.39 is 0 Å². The quantitative estimate of drug-likeness (QED) is 0.871. The summed E-state index contributed by atoms with van der Waals surface area (Å²) in [4.78, 5) is 14.4. The Labute approximate surface area is 130 Å². The van der Waals surface area contributed by atoms with Gasteiger partial charge < -0.3 is 14.4 Å². The van der Waals surface area contributed by atoms with Gasteiger partial charge in [-0.1, -0.05) is 42.5 Å². The van der Waals surface area contributed by atoms with Gasteiger partial charge in [0.05, 0.1) is 20.1 Å². The van der Waals surface area contributed by atoms with E-state index in [2.05, 4.69) is 0 Å². The molecule has 1 heterocycles. The number of nitrogens with zero attached hydrogens (tertiary/aromatic N) is 1. The first kappa shape index (κ1) is 14.6. The molecule has 3 rings (SSSR count). The van der Waals surface area contributed by atoms with Crippen LogP contribution >= 0.6 is 0 Å². The molecule has 1 saturated heterocycles. The van der Waals surface area contributed by atoms with Crippen LogP contribution in [0.4, 0.5) is 0 Å². The van der Waals surface area contributed by atoms with Crippen molar-refractivity contribution in [2.45, 2.75) is 12.6 Å². The number of methoxy groups -OCH3 is 1. The van der Waals surface area contributed by atoms with Crippen LogP contribution in [-0.2, 0) is 16.0 Å². The number of amides is 1. The molecule has 0 aromatic heterocycles. The average Bonchev–Trinajstić information content (AvgIpc) is 3.06. The zero-order valence-electron chi connectivity index (χ0n) is 12.6. The fraction of sp³-hybridized carbons (Fsp3) is 0.278. The molecule has 2 aromatic carbocycles. The second kappa shape index (κ2) is 6.62. The van der Waals surface area contributed by atoms with Crippen LogP contribution in [0, 0.1) is 0 Å². The Kier molecular flexibility index (Phi) is 4.39. The molecular weight excluding hydrogens is 278 g/mol. The van der Waals surface area contributed by atoms with Crippen LogP contribution in [0.15, 0.2) is 54.6 Å². The van der Waals surface area contributed by atoms with E-state index in [9.17, 15) is 4.79 Å². The molecule has 1 amide bonds. The van der Waals surface area contributed by atoms with Gasteiger partial charge in [0, 0.05) is 12.1 Å². The van der Waals surface area contributed by atoms with Crippen LogP contribution in [0.3, 0.4) is 0 Å². The third-order valence-corrected chi connectivity index (χ3v) is 3.81. The summed E-state index contributed by atoms with van der Waals surface area (Å²) in [5.74, 6) is 0.874. The van der Waals surface area contributed by atoms with Crippen molar-refractivity contribution in [2.75, 3.05) is 20.3 Å². The Balaban J connectivity index is 1.70. The molecule has 1 unspecified atom stereocenters. The Morgan fingerprint density at radius 3 is 2.59 bits per heavy atom. The van der Waals surface area contributed by atoms with Crippen LogP contribution in [0.2, 0.25) is 0 Å². The summed E-state index contributed by atoms with van der Waals surface area (Å²) in [5, 5.41) is 0. The van der Waals surface area contributed by atoms with Crippen molar-refractivity contribution >= 4 is 5.91 Å². The lowest BCUT2D eigenvalue weighted by Crippen LogP contribution is -2.32. The molecule has 0 spiro atoms. The van der Waals surface area contributed by atoms with Crippen molar-refractivity contribution in [2.24, 2.45) is 0 Å². The maximum atomic E-state index is 12.6. The number of carbonyl (C=O) groups is 1. The van der Waals surface area contributed by atoms with E-state index in [-0.39, 0.29) is 12.1 Å². The highest BCUT2D eigenvalue weighted by atomic mass is 16.5. The fourth-order valence-corrected chi connectivity index (χ4v) is 2.64. The molecule has 1 fully saturated rings. The van der Waals surface area contributed by atoms with Crippen molar-refractivity contribution in [1.29, 1.82) is 0 Å². The van der Waals surface area contributed by atoms with Gasteiger partial charge in [-0.3, -0.25) is 4.79 Å². The predicted molar refractivity (Wildman–Crippen MR) is 83.5 cm³/mol. The molecule has 4 nitrogen and oxygen atoms in total. The van der Waals surface area contributed by atoms with Crippen molar-refractivity contribution in [1.82, 2.24) is 4.90 Å². The first-order chi connectivity index (χ1) is 10.8. The SMILES string of the molecule is COc1ccc(CC(=O)N2CCOC2c2ccccc2)cc1. The van der Waals surface area contributed by atoms with Gasteiger partial charge in [-0.25, -0.2) is 0 Å². The summed E-state index contributed by atoms with van der Waals surface area (Å²) in [6, 6.07) is 17.5. The number of hydrogen-bond donors (Lipinski definition) is 0. The fourth-order valence-electron chi connectivity index (χ4n) is 2.64. The van der Waals surface area contributed by atoms with Gasteiger partial charge in [-0.15, -0.1) is 0 Å². The zero-order chi connectivity index (χ0) is 15.4. The maximum Gasteiger partial charge on any atom is 0.229 e. The highest BCUT2D eigenvalue weighted by molar-refractivity contribution is 5.79. The third-order valence-electron chi connectivity index (χ3n) is 3.81. The number of carbonyl (C=O) groups excluding carboxylic acids is 1. The van der Waals surface area contributed by atoms with Crippen LogP contribution in [0.25, 0.3) is 0 Å². The van der Waals surface area contributed by atoms with Gasteiger partial charge in [0.2, 0.25) is 5.91 Å². The van der Waals surface area contributed by atoms with Crippen LogP contribution in [0.1, 0.15) is 17.4 Å². The maximum absolute atomic E-state index is 12.6. The lowest BCUT2D eigenvalue weighted by molar-refractivity contribution is -0.135. The Morgan fingerprint density at radius 2 is 1.91 bits per heavy atom. The van der Waals surface area contributed by atoms with E-state index in [4.69, 9.17) is 9.47 Å². The van der Waals surface area contributed by atoms with E-state index in [1.54, 1.807) is 12.0 Å². The highest BCUT2D eigenvalue weighted by Gasteiger charge is 2.30. The molecule has 1 atom stereocenters. The van der Waals surface area contributed by atoms with E-state index in [1.165, 1.54) is 0 Å². The molecule has 0 bridgehead atoms. The largest absolute Gasteiger partial charge is 0.497 e. The smallest absolute Gasteiger partial charge is 0.229 e. The third kappa shape index (κ3) is 3.12. The summed E-state index contributed by atoms with van der Waals surface area (Å²) in [7, 11) is 1.63. The van der Waals surface area contributed by atoms with Crippen molar-refractivity contribution in [3.8, 4) is 5.75 Å². The van der Waals surface area contributed by atoms with Crippen LogP contribution in [0.5, 0.6) is 5.75 Å².